The van der Waals surface area contributed by atoms with Gasteiger partial charge in [-0.05, 0) is 24.1 Å². The van der Waals surface area contributed by atoms with Crippen molar-refractivity contribution < 1.29 is 14.3 Å². The lowest BCUT2D eigenvalue weighted by Gasteiger charge is -2.35. The van der Waals surface area contributed by atoms with E-state index in [1.165, 1.54) is 0 Å². The quantitative estimate of drug-likeness (QED) is 0.911. The number of hydrogen-bond acceptors (Lipinski definition) is 3. The highest BCUT2D eigenvalue weighted by atomic mass is 16.5. The lowest BCUT2D eigenvalue weighted by atomic mass is 9.91. The number of hydrogen-bond donors (Lipinski definition) is 1. The molecule has 1 aliphatic rings. The number of carbonyl (C=O) groups excluding carboxylic acids is 2. The zero-order valence-corrected chi connectivity index (χ0v) is 14.5. The van der Waals surface area contributed by atoms with Crippen molar-refractivity contribution in [1.82, 2.24) is 10.2 Å². The molecule has 25 heavy (non-hydrogen) atoms. The fraction of sp³-hybridized carbons (Fsp3) is 0.300. The van der Waals surface area contributed by atoms with Gasteiger partial charge in [-0.1, -0.05) is 42.5 Å². The highest BCUT2D eigenvalue weighted by Gasteiger charge is 2.35. The minimum Gasteiger partial charge on any atom is -0.496 e. The molecule has 3 rings (SSSR count). The van der Waals surface area contributed by atoms with Crippen molar-refractivity contribution in [2.24, 2.45) is 0 Å². The summed E-state index contributed by atoms with van der Waals surface area (Å²) in [4.78, 5) is 26.9. The minimum atomic E-state index is -0.586. The Morgan fingerprint density at radius 3 is 2.68 bits per heavy atom. The van der Waals surface area contributed by atoms with Crippen LogP contribution in [-0.4, -0.2) is 30.4 Å². The Kier molecular flexibility index (Phi) is 5.03. The van der Waals surface area contributed by atoms with Crippen molar-refractivity contribution in [2.75, 3.05) is 13.7 Å². The average molecular weight is 338 g/mol. The first kappa shape index (κ1) is 17.0. The predicted molar refractivity (Wildman–Crippen MR) is 95.1 cm³/mol. The summed E-state index contributed by atoms with van der Waals surface area (Å²) in [6, 6.07) is 14.6. The largest absolute Gasteiger partial charge is 0.496 e. The van der Waals surface area contributed by atoms with Crippen molar-refractivity contribution in [3.63, 3.8) is 0 Å². The third-order valence-corrected chi connectivity index (χ3v) is 4.56. The van der Waals surface area contributed by atoms with Crippen molar-refractivity contribution in [2.45, 2.75) is 25.9 Å². The van der Waals surface area contributed by atoms with E-state index in [0.29, 0.717) is 19.5 Å². The van der Waals surface area contributed by atoms with Crippen LogP contribution < -0.4 is 10.1 Å². The third-order valence-electron chi connectivity index (χ3n) is 4.56. The zero-order valence-electron chi connectivity index (χ0n) is 14.5. The molecule has 1 N–H and O–H groups in total. The lowest BCUT2D eigenvalue weighted by Crippen LogP contribution is -2.47. The molecular formula is C20H22N2O3. The number of nitrogens with zero attached hydrogens (tertiary/aromatic N) is 1. The molecular weight excluding hydrogens is 316 g/mol. The number of nitrogens with one attached hydrogen (secondary N) is 1. The van der Waals surface area contributed by atoms with E-state index in [0.717, 1.165) is 22.4 Å². The molecule has 0 fully saturated rings. The maximum atomic E-state index is 12.9. The number of ether oxygens (including phenoxy) is 1. The minimum absolute atomic E-state index is 0.0151. The van der Waals surface area contributed by atoms with Gasteiger partial charge in [0.2, 0.25) is 11.8 Å². The van der Waals surface area contributed by atoms with E-state index in [2.05, 4.69) is 5.32 Å². The molecule has 0 spiro atoms. The first-order chi connectivity index (χ1) is 12.2. The first-order valence-electron chi connectivity index (χ1n) is 8.42. The maximum absolute atomic E-state index is 12.9. The molecule has 1 atom stereocenters. The summed E-state index contributed by atoms with van der Waals surface area (Å²) < 4.78 is 5.32. The van der Waals surface area contributed by atoms with Crippen LogP contribution in [0.4, 0.5) is 0 Å². The highest BCUT2D eigenvalue weighted by molar-refractivity contribution is 5.92. The molecule has 0 aromatic heterocycles. The molecule has 0 radical (unpaired) electrons. The van der Waals surface area contributed by atoms with Gasteiger partial charge in [0.15, 0.2) is 0 Å². The van der Waals surface area contributed by atoms with Crippen LogP contribution in [0.5, 0.6) is 5.75 Å². The summed E-state index contributed by atoms with van der Waals surface area (Å²) in [5, 5.41) is 2.96. The summed E-state index contributed by atoms with van der Waals surface area (Å²) in [7, 11) is 1.61. The molecule has 0 saturated heterocycles. The summed E-state index contributed by atoms with van der Waals surface area (Å²) in [5.41, 5.74) is 2.73. The van der Waals surface area contributed by atoms with Gasteiger partial charge in [-0.2, -0.15) is 0 Å². The molecule has 2 aromatic carbocycles. The van der Waals surface area contributed by atoms with Gasteiger partial charge < -0.3 is 15.0 Å². The molecule has 5 heteroatoms. The standard InChI is InChI=1S/C20H22N2O3/c1-3-22-18(23)12-14-8-4-6-10-16(14)19(22)20(24)21-13-15-9-5-7-11-17(15)25-2/h4-11,19H,3,12-13H2,1-2H3,(H,21,24)/t19-/m0/s1. The summed E-state index contributed by atoms with van der Waals surface area (Å²) in [6.07, 6.45) is 0.348. The second-order valence-electron chi connectivity index (χ2n) is 5.99. The number of amides is 2. The van der Waals surface area contributed by atoms with Gasteiger partial charge in [0.25, 0.3) is 0 Å². The number of methoxy groups -OCH3 is 1. The van der Waals surface area contributed by atoms with Crippen molar-refractivity contribution >= 4 is 11.8 Å². The van der Waals surface area contributed by atoms with Crippen LogP contribution in [0.2, 0.25) is 0 Å². The van der Waals surface area contributed by atoms with Crippen LogP contribution in [0.25, 0.3) is 0 Å². The Morgan fingerprint density at radius 2 is 1.92 bits per heavy atom. The predicted octanol–water partition coefficient (Wildman–Crippen LogP) is 2.46. The smallest absolute Gasteiger partial charge is 0.247 e. The fourth-order valence-corrected chi connectivity index (χ4v) is 3.31. The number of carbonyl (C=O) groups is 2. The summed E-state index contributed by atoms with van der Waals surface area (Å²) in [5.74, 6) is 0.544. The van der Waals surface area contributed by atoms with E-state index in [-0.39, 0.29) is 11.8 Å². The summed E-state index contributed by atoms with van der Waals surface area (Å²) in [6.45, 7) is 2.75. The van der Waals surface area contributed by atoms with E-state index in [1.807, 2.05) is 55.5 Å². The van der Waals surface area contributed by atoms with Crippen LogP contribution >= 0.6 is 0 Å². The number of para-hydroxylation sites is 1. The second-order valence-corrected chi connectivity index (χ2v) is 5.99. The maximum Gasteiger partial charge on any atom is 0.247 e. The monoisotopic (exact) mass is 338 g/mol. The number of rotatable bonds is 5. The van der Waals surface area contributed by atoms with E-state index in [4.69, 9.17) is 4.74 Å². The Hall–Kier alpha value is -2.82. The zero-order chi connectivity index (χ0) is 17.8. The van der Waals surface area contributed by atoms with Crippen LogP contribution in [-0.2, 0) is 22.6 Å². The van der Waals surface area contributed by atoms with Crippen molar-refractivity contribution in [1.29, 1.82) is 0 Å². The number of likely N-dealkylation sites (N-methyl/N-ethyl adjacent to an activating group) is 1. The van der Waals surface area contributed by atoms with Gasteiger partial charge in [0.1, 0.15) is 11.8 Å². The fourth-order valence-electron chi connectivity index (χ4n) is 3.31. The number of benzene rings is 2. The Bertz CT molecular complexity index is 788. The van der Waals surface area contributed by atoms with Crippen molar-refractivity contribution in [3.8, 4) is 5.75 Å². The molecule has 0 saturated carbocycles. The van der Waals surface area contributed by atoms with Gasteiger partial charge >= 0.3 is 0 Å². The van der Waals surface area contributed by atoms with E-state index in [9.17, 15) is 9.59 Å². The molecule has 0 aliphatic carbocycles. The van der Waals surface area contributed by atoms with Gasteiger partial charge in [-0.25, -0.2) is 0 Å². The molecule has 2 amide bonds. The molecule has 0 bridgehead atoms. The molecule has 1 heterocycles. The highest BCUT2D eigenvalue weighted by Crippen LogP contribution is 2.30. The lowest BCUT2D eigenvalue weighted by molar-refractivity contribution is -0.141. The Labute approximate surface area is 147 Å². The molecule has 2 aromatic rings. The van der Waals surface area contributed by atoms with Crippen LogP contribution in [0.15, 0.2) is 48.5 Å². The van der Waals surface area contributed by atoms with Crippen LogP contribution in [0.3, 0.4) is 0 Å². The molecule has 0 unspecified atom stereocenters. The van der Waals surface area contributed by atoms with Crippen LogP contribution in [0, 0.1) is 0 Å². The normalized spacial score (nSPS) is 16.3. The Morgan fingerprint density at radius 1 is 1.20 bits per heavy atom. The molecule has 130 valence electrons. The second kappa shape index (κ2) is 7.38. The van der Waals surface area contributed by atoms with Crippen LogP contribution in [0.1, 0.15) is 29.7 Å². The van der Waals surface area contributed by atoms with E-state index in [1.54, 1.807) is 12.0 Å². The van der Waals surface area contributed by atoms with E-state index < -0.39 is 6.04 Å². The topological polar surface area (TPSA) is 58.6 Å². The van der Waals surface area contributed by atoms with Gasteiger partial charge in [0, 0.05) is 18.7 Å². The molecule has 1 aliphatic heterocycles. The van der Waals surface area contributed by atoms with Gasteiger partial charge in [0.05, 0.1) is 13.5 Å². The average Bonchev–Trinajstić information content (AvgIpc) is 2.65. The number of fused-ring (bicyclic) bond motifs is 1. The SMILES string of the molecule is CCN1C(=O)Cc2ccccc2[C@H]1C(=O)NCc1ccccc1OC. The third kappa shape index (κ3) is 3.36. The first-order valence-corrected chi connectivity index (χ1v) is 8.42. The Balaban J connectivity index is 1.83. The van der Waals surface area contributed by atoms with E-state index >= 15 is 0 Å². The van der Waals surface area contributed by atoms with Gasteiger partial charge in [-0.3, -0.25) is 9.59 Å². The van der Waals surface area contributed by atoms with Gasteiger partial charge in [-0.15, -0.1) is 0 Å². The molecule has 5 nitrogen and oxygen atoms in total. The van der Waals surface area contributed by atoms with Crippen molar-refractivity contribution in [3.05, 3.63) is 65.2 Å². The summed E-state index contributed by atoms with van der Waals surface area (Å²) >= 11 is 0.